The van der Waals surface area contributed by atoms with E-state index in [1.807, 2.05) is 12.3 Å². The Morgan fingerprint density at radius 2 is 1.32 bits per heavy atom. The van der Waals surface area contributed by atoms with Gasteiger partial charge >= 0.3 is 0 Å². The first-order chi connectivity index (χ1) is 18.5. The number of fused-ring (bicyclic) bond motifs is 4. The number of benzene rings is 4. The molecule has 1 saturated carbocycles. The number of pyridine rings is 1. The molecular formula is C35H34N3+. The maximum Gasteiger partial charge on any atom is 0.242 e. The molecule has 188 valence electrons. The predicted molar refractivity (Wildman–Crippen MR) is 158 cm³/mol. The largest absolute Gasteiger partial charge is 0.251 e. The molecule has 2 atom stereocenters. The van der Waals surface area contributed by atoms with E-state index in [4.69, 9.17) is 4.98 Å². The zero-order valence-corrected chi connectivity index (χ0v) is 22.4. The Morgan fingerprint density at radius 3 is 1.92 bits per heavy atom. The summed E-state index contributed by atoms with van der Waals surface area (Å²) in [4.78, 5) is 7.27. The molecule has 4 aromatic carbocycles. The van der Waals surface area contributed by atoms with E-state index in [-0.39, 0.29) is 17.0 Å². The molecule has 0 radical (unpaired) electrons. The molecule has 1 aliphatic carbocycles. The van der Waals surface area contributed by atoms with Crippen molar-refractivity contribution in [2.45, 2.75) is 51.2 Å². The maximum absolute atomic E-state index is 4.81. The lowest BCUT2D eigenvalue weighted by Crippen LogP contribution is -2.62. The van der Waals surface area contributed by atoms with Gasteiger partial charge in [0.25, 0.3) is 0 Å². The second-order valence-electron chi connectivity index (χ2n) is 11.7. The van der Waals surface area contributed by atoms with Crippen molar-refractivity contribution in [2.24, 2.45) is 5.41 Å². The van der Waals surface area contributed by atoms with Gasteiger partial charge in [-0.25, -0.2) is 9.88 Å². The molecule has 1 aromatic heterocycles. The highest BCUT2D eigenvalue weighted by Crippen LogP contribution is 2.55. The van der Waals surface area contributed by atoms with Gasteiger partial charge in [0.1, 0.15) is 17.6 Å². The van der Waals surface area contributed by atoms with Gasteiger partial charge in [-0.15, -0.1) is 0 Å². The Hall–Kier alpha value is -3.98. The Kier molecular flexibility index (Phi) is 5.20. The summed E-state index contributed by atoms with van der Waals surface area (Å²) >= 11 is 0. The number of nitrogens with zero attached hydrogens (tertiary/aromatic N) is 3. The van der Waals surface area contributed by atoms with Crippen LogP contribution >= 0.6 is 0 Å². The molecular weight excluding hydrogens is 462 g/mol. The number of hydrogen-bond acceptors (Lipinski definition) is 2. The molecule has 2 heterocycles. The smallest absolute Gasteiger partial charge is 0.242 e. The zero-order valence-electron chi connectivity index (χ0n) is 22.4. The average molecular weight is 497 g/mol. The summed E-state index contributed by atoms with van der Waals surface area (Å²) in [6, 6.07) is 37.9. The van der Waals surface area contributed by atoms with E-state index in [0.717, 1.165) is 18.7 Å². The molecule has 0 N–H and O–H groups in total. The van der Waals surface area contributed by atoms with Crippen LogP contribution < -0.4 is 4.90 Å². The first-order valence-corrected chi connectivity index (χ1v) is 13.8. The van der Waals surface area contributed by atoms with E-state index < -0.39 is 0 Å². The topological polar surface area (TPSA) is 19.1 Å². The van der Waals surface area contributed by atoms with Crippen molar-refractivity contribution in [3.05, 3.63) is 120 Å². The molecule has 38 heavy (non-hydrogen) atoms. The van der Waals surface area contributed by atoms with Crippen molar-refractivity contribution in [3.63, 3.8) is 0 Å². The molecule has 2 bridgehead atoms. The molecule has 0 saturated heterocycles. The summed E-state index contributed by atoms with van der Waals surface area (Å²) in [5.41, 5.74) is 2.71. The SMILES string of the molecule is CC1(C)C2CCC1(C)[N+](C(c1cccc3ccccc13)c1cccc3ccccc13)=CN2c1ccccn1. The number of aromatic nitrogens is 1. The fourth-order valence-electron chi connectivity index (χ4n) is 7.27. The third-order valence-corrected chi connectivity index (χ3v) is 9.71. The first kappa shape index (κ1) is 23.2. The summed E-state index contributed by atoms with van der Waals surface area (Å²) in [5, 5.41) is 5.18. The van der Waals surface area contributed by atoms with Crippen molar-refractivity contribution in [2.75, 3.05) is 4.90 Å². The van der Waals surface area contributed by atoms with Crippen LogP contribution in [0.5, 0.6) is 0 Å². The minimum atomic E-state index is -0.0263. The van der Waals surface area contributed by atoms with E-state index in [2.05, 4.69) is 134 Å². The van der Waals surface area contributed by atoms with Crippen LogP contribution in [0.4, 0.5) is 5.82 Å². The Morgan fingerprint density at radius 1 is 0.737 bits per heavy atom. The predicted octanol–water partition coefficient (Wildman–Crippen LogP) is 7.99. The van der Waals surface area contributed by atoms with Gasteiger partial charge in [0.05, 0.1) is 0 Å². The minimum Gasteiger partial charge on any atom is -0.251 e. The Labute approximate surface area is 225 Å². The third kappa shape index (κ3) is 3.27. The maximum atomic E-state index is 4.81. The lowest BCUT2D eigenvalue weighted by Gasteiger charge is -2.48. The van der Waals surface area contributed by atoms with Crippen LogP contribution in [0.15, 0.2) is 109 Å². The monoisotopic (exact) mass is 496 g/mol. The van der Waals surface area contributed by atoms with Crippen molar-refractivity contribution < 1.29 is 4.58 Å². The van der Waals surface area contributed by atoms with Crippen LogP contribution in [0, 0.1) is 5.41 Å². The Balaban J connectivity index is 1.56. The third-order valence-electron chi connectivity index (χ3n) is 9.71. The van der Waals surface area contributed by atoms with Gasteiger partial charge in [-0.05, 0) is 47.4 Å². The van der Waals surface area contributed by atoms with Crippen molar-refractivity contribution in [3.8, 4) is 0 Å². The van der Waals surface area contributed by atoms with Crippen molar-refractivity contribution in [1.82, 2.24) is 4.98 Å². The van der Waals surface area contributed by atoms with Gasteiger partial charge < -0.3 is 0 Å². The van der Waals surface area contributed by atoms with E-state index in [1.54, 1.807) is 0 Å². The second-order valence-corrected chi connectivity index (χ2v) is 11.7. The highest BCUT2D eigenvalue weighted by Gasteiger charge is 2.64. The molecule has 7 rings (SSSR count). The fourth-order valence-corrected chi connectivity index (χ4v) is 7.27. The van der Waals surface area contributed by atoms with Crippen LogP contribution in [0.25, 0.3) is 21.5 Å². The van der Waals surface area contributed by atoms with Crippen molar-refractivity contribution in [1.29, 1.82) is 0 Å². The van der Waals surface area contributed by atoms with E-state index >= 15 is 0 Å². The van der Waals surface area contributed by atoms with Crippen LogP contribution in [-0.4, -0.2) is 27.5 Å². The molecule has 3 heteroatoms. The second kappa shape index (κ2) is 8.52. The lowest BCUT2D eigenvalue weighted by molar-refractivity contribution is -0.648. The fraction of sp³-hybridized carbons (Fsp3) is 0.257. The van der Waals surface area contributed by atoms with Gasteiger partial charge in [0.15, 0.2) is 0 Å². The first-order valence-electron chi connectivity index (χ1n) is 13.8. The Bertz CT molecular complexity index is 1600. The normalized spacial score (nSPS) is 22.3. The molecule has 1 aliphatic heterocycles. The summed E-state index contributed by atoms with van der Waals surface area (Å²) in [7, 11) is 0. The summed E-state index contributed by atoms with van der Waals surface area (Å²) in [5.74, 6) is 1.02. The highest BCUT2D eigenvalue weighted by atomic mass is 15.3. The molecule has 5 aromatic rings. The van der Waals surface area contributed by atoms with E-state index in [1.165, 1.54) is 32.7 Å². The quantitative estimate of drug-likeness (QED) is 0.235. The van der Waals surface area contributed by atoms with Crippen LogP contribution in [0.1, 0.15) is 50.8 Å². The van der Waals surface area contributed by atoms with Crippen LogP contribution in [0.3, 0.4) is 0 Å². The minimum absolute atomic E-state index is 0.0263. The zero-order chi connectivity index (χ0) is 25.9. The number of anilines is 1. The molecule has 2 unspecified atom stereocenters. The lowest BCUT2D eigenvalue weighted by atomic mass is 9.71. The van der Waals surface area contributed by atoms with Gasteiger partial charge in [-0.2, -0.15) is 0 Å². The highest BCUT2D eigenvalue weighted by molar-refractivity contribution is 5.90. The molecule has 2 aliphatic rings. The van der Waals surface area contributed by atoms with Gasteiger partial charge in [0, 0.05) is 28.8 Å². The summed E-state index contributed by atoms with van der Waals surface area (Å²) in [6.45, 7) is 7.41. The molecule has 0 spiro atoms. The summed E-state index contributed by atoms with van der Waals surface area (Å²) in [6.07, 6.45) is 6.59. The van der Waals surface area contributed by atoms with E-state index in [9.17, 15) is 0 Å². The summed E-state index contributed by atoms with van der Waals surface area (Å²) < 4.78 is 2.69. The van der Waals surface area contributed by atoms with Gasteiger partial charge in [-0.1, -0.05) is 105 Å². The number of rotatable bonds is 4. The molecule has 0 amide bonds. The standard InChI is InChI=1S/C35H34N3/c1-34(2)31-21-22-35(34,3)38(24-37(31)32-20-8-9-23-36-32)33(29-18-10-14-25-12-4-6-16-27(25)29)30-19-11-15-26-13-5-7-17-28(26)30/h4-20,23-24,31,33H,21-22H2,1-3H3/q+1. The molecule has 3 nitrogen and oxygen atoms in total. The average Bonchev–Trinajstić information content (AvgIpc) is 3.08. The van der Waals surface area contributed by atoms with Gasteiger partial charge in [0.2, 0.25) is 12.2 Å². The van der Waals surface area contributed by atoms with Crippen molar-refractivity contribution >= 4 is 33.7 Å². The molecule has 1 fully saturated rings. The van der Waals surface area contributed by atoms with Crippen LogP contribution in [0.2, 0.25) is 0 Å². The number of hydrogen-bond donors (Lipinski definition) is 0. The van der Waals surface area contributed by atoms with Crippen LogP contribution in [-0.2, 0) is 0 Å². The van der Waals surface area contributed by atoms with Gasteiger partial charge in [-0.3, -0.25) is 4.58 Å². The van der Waals surface area contributed by atoms with E-state index in [0.29, 0.717) is 6.04 Å².